The highest BCUT2D eigenvalue weighted by Crippen LogP contribution is 2.29. The van der Waals surface area contributed by atoms with Crippen LogP contribution < -0.4 is 5.32 Å². The molecule has 8 heteroatoms. The molecule has 2 aromatic heterocycles. The molecule has 4 aromatic rings. The van der Waals surface area contributed by atoms with Crippen LogP contribution in [0.25, 0.3) is 21.5 Å². The Kier molecular flexibility index (Phi) is 6.27. The number of aromatic nitrogens is 2. The number of halogens is 1. The molecule has 4 rings (SSSR count). The number of aryl methyl sites for hydroxylation is 2. The van der Waals surface area contributed by atoms with Gasteiger partial charge in [-0.15, -0.1) is 0 Å². The number of thiazole rings is 1. The average molecular weight is 452 g/mol. The van der Waals surface area contributed by atoms with E-state index in [1.165, 1.54) is 29.2 Å². The fraction of sp³-hybridized carbons (Fsp3) is 0.208. The number of anilines is 1. The molecule has 0 saturated heterocycles. The molecule has 0 aliphatic carbocycles. The van der Waals surface area contributed by atoms with Gasteiger partial charge in [-0.25, -0.2) is 9.37 Å². The average Bonchev–Trinajstić information content (AvgIpc) is 3.15. The topological polar surface area (TPSA) is 95.3 Å². The third-order valence-electron chi connectivity index (χ3n) is 5.22. The van der Waals surface area contributed by atoms with Crippen LogP contribution in [0.5, 0.6) is 0 Å². The summed E-state index contributed by atoms with van der Waals surface area (Å²) in [6.45, 7) is 3.67. The zero-order valence-electron chi connectivity index (χ0n) is 17.6. The Hall–Kier alpha value is -3.20. The third kappa shape index (κ3) is 4.67. The van der Waals surface area contributed by atoms with E-state index < -0.39 is 18.5 Å². The van der Waals surface area contributed by atoms with Crippen molar-refractivity contribution in [3.63, 3.8) is 0 Å². The molecular weight excluding hydrogens is 429 g/mol. The molecule has 164 valence electrons. The van der Waals surface area contributed by atoms with E-state index in [1.807, 2.05) is 19.9 Å². The molecule has 0 spiro atoms. The van der Waals surface area contributed by atoms with Crippen molar-refractivity contribution in [3.05, 3.63) is 76.7 Å². The molecule has 1 unspecified atom stereocenters. The lowest BCUT2D eigenvalue weighted by Crippen LogP contribution is -2.15. The Balaban J connectivity index is 1.49. The van der Waals surface area contributed by atoms with Gasteiger partial charge in [0, 0.05) is 23.7 Å². The Labute approximate surface area is 188 Å². The number of benzene rings is 2. The second-order valence-corrected chi connectivity index (χ2v) is 8.70. The first-order valence-corrected chi connectivity index (χ1v) is 10.9. The van der Waals surface area contributed by atoms with E-state index in [1.54, 1.807) is 24.3 Å². The minimum absolute atomic E-state index is 0.116. The normalized spacial score (nSPS) is 12.2. The van der Waals surface area contributed by atoms with Crippen LogP contribution in [0.15, 0.2) is 48.7 Å². The van der Waals surface area contributed by atoms with Crippen molar-refractivity contribution in [2.45, 2.75) is 26.4 Å². The van der Waals surface area contributed by atoms with Crippen molar-refractivity contribution in [2.24, 2.45) is 0 Å². The summed E-state index contributed by atoms with van der Waals surface area (Å²) in [5, 5.41) is 21.8. The second kappa shape index (κ2) is 9.12. The number of aliphatic hydroxyl groups excluding tert-OH is 2. The maximum atomic E-state index is 14.5. The van der Waals surface area contributed by atoms with E-state index in [0.29, 0.717) is 21.8 Å². The lowest BCUT2D eigenvalue weighted by Gasteiger charge is -2.09. The molecule has 0 aliphatic heterocycles. The van der Waals surface area contributed by atoms with Crippen LogP contribution in [-0.4, -0.2) is 38.8 Å². The van der Waals surface area contributed by atoms with Gasteiger partial charge in [0.1, 0.15) is 11.5 Å². The molecule has 0 saturated carbocycles. The van der Waals surface area contributed by atoms with Gasteiger partial charge in [0.2, 0.25) is 0 Å². The predicted molar refractivity (Wildman–Crippen MR) is 123 cm³/mol. The highest BCUT2D eigenvalue weighted by atomic mass is 32.1. The van der Waals surface area contributed by atoms with Gasteiger partial charge in [0.15, 0.2) is 5.13 Å². The summed E-state index contributed by atoms with van der Waals surface area (Å²) in [6, 6.07) is 11.8. The number of hydrogen-bond donors (Lipinski definition) is 3. The summed E-state index contributed by atoms with van der Waals surface area (Å²) in [5.74, 6) is -0.837. The fourth-order valence-electron chi connectivity index (χ4n) is 3.32. The summed E-state index contributed by atoms with van der Waals surface area (Å²) in [7, 11) is 0. The van der Waals surface area contributed by atoms with E-state index in [2.05, 4.69) is 21.4 Å². The van der Waals surface area contributed by atoms with Gasteiger partial charge < -0.3 is 10.2 Å². The molecular formula is C24H22FN3O3S. The zero-order chi connectivity index (χ0) is 22.8. The number of amides is 1. The first-order valence-electron chi connectivity index (χ1n) is 10.1. The highest BCUT2D eigenvalue weighted by molar-refractivity contribution is 7.22. The smallest absolute Gasteiger partial charge is 0.257 e. The number of pyridine rings is 1. The molecule has 32 heavy (non-hydrogen) atoms. The standard InChI is InChI=1S/C24H22FN3O3S/c1-13-7-20-21(8-14(13)2)32-24(27-20)28-23(31)17-5-3-16(4-6-17)22-19(25)10-15(11-26-22)9-18(30)12-29/h3-8,10-11,18,29-30H,9,12H2,1-2H3,(H,27,28,31). The van der Waals surface area contributed by atoms with Crippen LogP contribution in [0.2, 0.25) is 0 Å². The second-order valence-electron chi connectivity index (χ2n) is 7.67. The summed E-state index contributed by atoms with van der Waals surface area (Å²) in [4.78, 5) is 21.3. The van der Waals surface area contributed by atoms with Gasteiger partial charge in [0.05, 0.1) is 22.9 Å². The molecule has 3 N–H and O–H groups in total. The molecule has 2 heterocycles. The monoisotopic (exact) mass is 451 g/mol. The van der Waals surface area contributed by atoms with Crippen molar-refractivity contribution in [2.75, 3.05) is 11.9 Å². The third-order valence-corrected chi connectivity index (χ3v) is 6.16. The lowest BCUT2D eigenvalue weighted by molar-refractivity contribution is 0.0954. The van der Waals surface area contributed by atoms with E-state index in [0.717, 1.165) is 15.8 Å². The number of carbonyl (C=O) groups is 1. The maximum Gasteiger partial charge on any atom is 0.257 e. The van der Waals surface area contributed by atoms with Gasteiger partial charge in [-0.2, -0.15) is 0 Å². The first-order chi connectivity index (χ1) is 15.3. The molecule has 0 radical (unpaired) electrons. The van der Waals surface area contributed by atoms with Crippen LogP contribution in [0.1, 0.15) is 27.0 Å². The van der Waals surface area contributed by atoms with Crippen LogP contribution >= 0.6 is 11.3 Å². The highest BCUT2D eigenvalue weighted by Gasteiger charge is 2.14. The van der Waals surface area contributed by atoms with Gasteiger partial charge in [-0.1, -0.05) is 23.5 Å². The molecule has 0 aliphatic rings. The molecule has 6 nitrogen and oxygen atoms in total. The number of hydrogen-bond acceptors (Lipinski definition) is 6. The van der Waals surface area contributed by atoms with Gasteiger partial charge in [0.25, 0.3) is 5.91 Å². The summed E-state index contributed by atoms with van der Waals surface area (Å²) >= 11 is 1.42. The van der Waals surface area contributed by atoms with Crippen LogP contribution in [0.4, 0.5) is 9.52 Å². The minimum Gasteiger partial charge on any atom is -0.394 e. The zero-order valence-corrected chi connectivity index (χ0v) is 18.4. The number of nitrogens with zero attached hydrogens (tertiary/aromatic N) is 2. The SMILES string of the molecule is Cc1cc2nc(NC(=O)c3ccc(-c4ncc(CC(O)CO)cc4F)cc3)sc2cc1C. The Morgan fingerprint density at radius 3 is 2.56 bits per heavy atom. The van der Waals surface area contributed by atoms with E-state index in [-0.39, 0.29) is 18.0 Å². The largest absolute Gasteiger partial charge is 0.394 e. The Bertz CT molecular complexity index is 1250. The van der Waals surface area contributed by atoms with Crippen molar-refractivity contribution in [1.82, 2.24) is 9.97 Å². The van der Waals surface area contributed by atoms with Crippen LogP contribution in [-0.2, 0) is 6.42 Å². The van der Waals surface area contributed by atoms with Crippen molar-refractivity contribution < 1.29 is 19.4 Å². The fourth-order valence-corrected chi connectivity index (χ4v) is 4.26. The van der Waals surface area contributed by atoms with E-state index in [9.17, 15) is 14.3 Å². The predicted octanol–water partition coefficient (Wildman–Crippen LogP) is 4.26. The minimum atomic E-state index is -0.955. The summed E-state index contributed by atoms with van der Waals surface area (Å²) < 4.78 is 15.5. The van der Waals surface area contributed by atoms with Crippen LogP contribution in [0.3, 0.4) is 0 Å². The number of aliphatic hydroxyl groups is 2. The number of fused-ring (bicyclic) bond motifs is 1. The summed E-state index contributed by atoms with van der Waals surface area (Å²) in [5.41, 5.74) is 4.76. The molecule has 1 amide bonds. The van der Waals surface area contributed by atoms with Gasteiger partial charge in [-0.3, -0.25) is 15.1 Å². The Morgan fingerprint density at radius 1 is 1.16 bits per heavy atom. The number of nitrogens with one attached hydrogen (secondary N) is 1. The van der Waals surface area contributed by atoms with Crippen molar-refractivity contribution in [3.8, 4) is 11.3 Å². The summed E-state index contributed by atoms with van der Waals surface area (Å²) in [6.07, 6.45) is 0.627. The molecule has 2 aromatic carbocycles. The molecule has 0 bridgehead atoms. The lowest BCUT2D eigenvalue weighted by atomic mass is 10.1. The number of carbonyl (C=O) groups excluding carboxylic acids is 1. The van der Waals surface area contributed by atoms with E-state index in [4.69, 9.17) is 5.11 Å². The van der Waals surface area contributed by atoms with Gasteiger partial charge >= 0.3 is 0 Å². The van der Waals surface area contributed by atoms with Crippen molar-refractivity contribution in [1.29, 1.82) is 0 Å². The van der Waals surface area contributed by atoms with Gasteiger partial charge in [-0.05, 0) is 60.9 Å². The van der Waals surface area contributed by atoms with E-state index >= 15 is 0 Å². The van der Waals surface area contributed by atoms with Crippen molar-refractivity contribution >= 4 is 32.6 Å². The molecule has 1 atom stereocenters. The first kappa shape index (κ1) is 22.0. The Morgan fingerprint density at radius 2 is 1.88 bits per heavy atom. The van der Waals surface area contributed by atoms with Crippen LogP contribution in [0, 0.1) is 19.7 Å². The quantitative estimate of drug-likeness (QED) is 0.407. The molecule has 0 fully saturated rings. The number of rotatable bonds is 6. The maximum absolute atomic E-state index is 14.5.